The fraction of sp³-hybridized carbons (Fsp3) is 0.529. The molecular weight excluding hydrogens is 417 g/mol. The lowest BCUT2D eigenvalue weighted by atomic mass is 10.2. The highest BCUT2D eigenvalue weighted by atomic mass is 127. The van der Waals surface area contributed by atoms with Gasteiger partial charge in [0, 0.05) is 38.4 Å². The van der Waals surface area contributed by atoms with E-state index in [9.17, 15) is 4.79 Å². The smallest absolute Gasteiger partial charge is 0.244 e. The molecule has 1 saturated heterocycles. The van der Waals surface area contributed by atoms with Crippen LogP contribution < -0.4 is 16.0 Å². The largest absolute Gasteiger partial charge is 0.370 e. The van der Waals surface area contributed by atoms with E-state index in [2.05, 4.69) is 34.3 Å². The lowest BCUT2D eigenvalue weighted by molar-refractivity contribution is -0.129. The predicted octanol–water partition coefficient (Wildman–Crippen LogP) is 1.66. The minimum absolute atomic E-state index is 0. The van der Waals surface area contributed by atoms with Crippen molar-refractivity contribution in [2.75, 3.05) is 44.2 Å². The first-order chi connectivity index (χ1) is 11.2. The molecule has 2 rings (SSSR count). The number of carbonyl (C=O) groups excluding carboxylic acids is 1. The molecule has 1 aromatic carbocycles. The summed E-state index contributed by atoms with van der Waals surface area (Å²) in [6, 6.07) is 10.3. The van der Waals surface area contributed by atoms with Crippen LogP contribution >= 0.6 is 24.0 Å². The number of unbranched alkanes of at least 4 members (excludes halogenated alkanes) is 1. The van der Waals surface area contributed by atoms with Gasteiger partial charge in [-0.25, -0.2) is 4.99 Å². The summed E-state index contributed by atoms with van der Waals surface area (Å²) in [4.78, 5) is 20.5. The van der Waals surface area contributed by atoms with Gasteiger partial charge in [-0.3, -0.25) is 4.79 Å². The number of rotatable bonds is 6. The summed E-state index contributed by atoms with van der Waals surface area (Å²) in [5, 5.41) is 3.02. The van der Waals surface area contributed by atoms with Crippen LogP contribution in [0.2, 0.25) is 0 Å². The third kappa shape index (κ3) is 6.54. The van der Waals surface area contributed by atoms with E-state index in [1.165, 1.54) is 5.69 Å². The number of nitrogens with two attached hydrogens (primary N) is 1. The Hall–Kier alpha value is -1.51. The van der Waals surface area contributed by atoms with Gasteiger partial charge >= 0.3 is 0 Å². The highest BCUT2D eigenvalue weighted by Gasteiger charge is 2.20. The van der Waals surface area contributed by atoms with Crippen LogP contribution in [0.15, 0.2) is 35.3 Å². The normalized spacial score (nSPS) is 15.0. The molecule has 0 aromatic heterocycles. The van der Waals surface area contributed by atoms with E-state index in [0.29, 0.717) is 5.96 Å². The molecule has 0 bridgehead atoms. The molecule has 0 saturated carbocycles. The zero-order chi connectivity index (χ0) is 16.5. The maximum atomic E-state index is 12.2. The Kier molecular flexibility index (Phi) is 9.51. The third-order valence-corrected chi connectivity index (χ3v) is 3.97. The number of amides is 1. The Morgan fingerprint density at radius 1 is 1.21 bits per heavy atom. The van der Waals surface area contributed by atoms with Gasteiger partial charge < -0.3 is 20.9 Å². The number of halogens is 1. The summed E-state index contributed by atoms with van der Waals surface area (Å²) in [5.41, 5.74) is 6.96. The number of para-hydroxylation sites is 1. The molecule has 6 nitrogen and oxygen atoms in total. The van der Waals surface area contributed by atoms with Crippen molar-refractivity contribution in [1.82, 2.24) is 10.2 Å². The molecule has 0 spiro atoms. The van der Waals surface area contributed by atoms with Gasteiger partial charge in [0.05, 0.1) is 0 Å². The molecule has 1 aromatic rings. The van der Waals surface area contributed by atoms with Gasteiger partial charge in [-0.1, -0.05) is 31.5 Å². The summed E-state index contributed by atoms with van der Waals surface area (Å²) >= 11 is 0. The van der Waals surface area contributed by atoms with Crippen LogP contribution in [0.25, 0.3) is 0 Å². The molecular formula is C17H28IN5O. The number of aliphatic imine (C=N–C) groups is 1. The maximum Gasteiger partial charge on any atom is 0.244 e. The van der Waals surface area contributed by atoms with Crippen molar-refractivity contribution in [3.05, 3.63) is 30.3 Å². The monoisotopic (exact) mass is 445 g/mol. The lowest BCUT2D eigenvalue weighted by Gasteiger charge is -2.35. The van der Waals surface area contributed by atoms with Gasteiger partial charge in [0.1, 0.15) is 6.54 Å². The van der Waals surface area contributed by atoms with Crippen molar-refractivity contribution in [2.24, 2.45) is 10.7 Å². The van der Waals surface area contributed by atoms with E-state index in [-0.39, 0.29) is 36.4 Å². The molecule has 1 aliphatic heterocycles. The van der Waals surface area contributed by atoms with Gasteiger partial charge in [0.2, 0.25) is 5.91 Å². The number of hydrogen-bond acceptors (Lipinski definition) is 3. The van der Waals surface area contributed by atoms with Crippen molar-refractivity contribution < 1.29 is 4.79 Å². The molecule has 1 aliphatic rings. The second-order valence-electron chi connectivity index (χ2n) is 5.69. The Bertz CT molecular complexity index is 515. The number of piperazine rings is 1. The van der Waals surface area contributed by atoms with Crippen LogP contribution in [0.3, 0.4) is 0 Å². The molecule has 24 heavy (non-hydrogen) atoms. The van der Waals surface area contributed by atoms with Crippen molar-refractivity contribution >= 4 is 41.5 Å². The standard InChI is InChI=1S/C17H27N5O.HI/c1-2-3-9-19-17(18)20-14-16(23)22-12-10-21(11-13-22)15-7-5-4-6-8-15;/h4-8H,2-3,9-14H2,1H3,(H3,18,19,20);1H. The van der Waals surface area contributed by atoms with Crippen molar-refractivity contribution in [3.8, 4) is 0 Å². The van der Waals surface area contributed by atoms with Crippen LogP contribution in [0.5, 0.6) is 0 Å². The second kappa shape index (κ2) is 11.1. The number of benzene rings is 1. The Balaban J connectivity index is 0.00000288. The molecule has 0 radical (unpaired) electrons. The highest BCUT2D eigenvalue weighted by molar-refractivity contribution is 14.0. The fourth-order valence-corrected chi connectivity index (χ4v) is 2.55. The summed E-state index contributed by atoms with van der Waals surface area (Å²) in [6.45, 7) is 6.20. The number of anilines is 1. The van der Waals surface area contributed by atoms with Gasteiger partial charge in [0.25, 0.3) is 0 Å². The van der Waals surface area contributed by atoms with Gasteiger partial charge in [0.15, 0.2) is 5.96 Å². The minimum atomic E-state index is 0. The SMILES string of the molecule is CCCCNC(N)=NCC(=O)N1CCN(c2ccccc2)CC1.I. The van der Waals surface area contributed by atoms with Crippen LogP contribution in [0, 0.1) is 0 Å². The molecule has 3 N–H and O–H groups in total. The molecule has 0 unspecified atom stereocenters. The second-order valence-corrected chi connectivity index (χ2v) is 5.69. The van der Waals surface area contributed by atoms with Crippen molar-refractivity contribution in [1.29, 1.82) is 0 Å². The molecule has 1 amide bonds. The highest BCUT2D eigenvalue weighted by Crippen LogP contribution is 2.15. The first-order valence-corrected chi connectivity index (χ1v) is 8.32. The molecule has 0 atom stereocenters. The van der Waals surface area contributed by atoms with Crippen LogP contribution in [-0.4, -0.2) is 56.0 Å². The minimum Gasteiger partial charge on any atom is -0.370 e. The molecule has 0 aliphatic carbocycles. The average molecular weight is 445 g/mol. The average Bonchev–Trinajstić information content (AvgIpc) is 2.61. The summed E-state index contributed by atoms with van der Waals surface area (Å²) in [6.07, 6.45) is 2.15. The molecule has 7 heteroatoms. The van der Waals surface area contributed by atoms with Crippen LogP contribution in [0.1, 0.15) is 19.8 Å². The van der Waals surface area contributed by atoms with Gasteiger partial charge in [-0.05, 0) is 18.6 Å². The summed E-state index contributed by atoms with van der Waals surface area (Å²) < 4.78 is 0. The predicted molar refractivity (Wildman–Crippen MR) is 110 cm³/mol. The summed E-state index contributed by atoms with van der Waals surface area (Å²) in [5.74, 6) is 0.396. The van der Waals surface area contributed by atoms with Crippen LogP contribution in [0.4, 0.5) is 5.69 Å². The van der Waals surface area contributed by atoms with Gasteiger partial charge in [-0.2, -0.15) is 0 Å². The van der Waals surface area contributed by atoms with E-state index in [1.54, 1.807) is 0 Å². The molecule has 134 valence electrons. The number of guanidine groups is 1. The van der Waals surface area contributed by atoms with Crippen LogP contribution in [-0.2, 0) is 4.79 Å². The van der Waals surface area contributed by atoms with Crippen molar-refractivity contribution in [2.45, 2.75) is 19.8 Å². The first kappa shape index (κ1) is 20.5. The van der Waals surface area contributed by atoms with Gasteiger partial charge in [-0.15, -0.1) is 24.0 Å². The maximum absolute atomic E-state index is 12.2. The first-order valence-electron chi connectivity index (χ1n) is 8.32. The zero-order valence-corrected chi connectivity index (χ0v) is 16.6. The third-order valence-electron chi connectivity index (χ3n) is 3.97. The Labute approximate surface area is 161 Å². The zero-order valence-electron chi connectivity index (χ0n) is 14.3. The topological polar surface area (TPSA) is 74.0 Å². The number of hydrogen-bond donors (Lipinski definition) is 2. The number of carbonyl (C=O) groups is 1. The molecule has 1 fully saturated rings. The summed E-state index contributed by atoms with van der Waals surface area (Å²) in [7, 11) is 0. The quantitative estimate of drug-likeness (QED) is 0.302. The Morgan fingerprint density at radius 3 is 2.50 bits per heavy atom. The number of nitrogens with one attached hydrogen (secondary N) is 1. The van der Waals surface area contributed by atoms with E-state index >= 15 is 0 Å². The van der Waals surface area contributed by atoms with E-state index in [1.807, 2.05) is 23.1 Å². The van der Waals surface area contributed by atoms with Crippen molar-refractivity contribution in [3.63, 3.8) is 0 Å². The Morgan fingerprint density at radius 2 is 1.88 bits per heavy atom. The fourth-order valence-electron chi connectivity index (χ4n) is 2.55. The number of nitrogens with zero attached hydrogens (tertiary/aromatic N) is 3. The lowest BCUT2D eigenvalue weighted by Crippen LogP contribution is -2.49. The van der Waals surface area contributed by atoms with E-state index in [0.717, 1.165) is 45.6 Å². The van der Waals surface area contributed by atoms with E-state index < -0.39 is 0 Å². The molecule has 1 heterocycles. The van der Waals surface area contributed by atoms with E-state index in [4.69, 9.17) is 5.73 Å².